The van der Waals surface area contributed by atoms with E-state index in [-0.39, 0.29) is 11.9 Å². The van der Waals surface area contributed by atoms with Gasteiger partial charge in [-0.3, -0.25) is 15.0 Å². The second kappa shape index (κ2) is 3.77. The molecule has 0 atom stereocenters. The van der Waals surface area contributed by atoms with Gasteiger partial charge in [-0.25, -0.2) is 4.79 Å². The van der Waals surface area contributed by atoms with Crippen molar-refractivity contribution in [1.29, 1.82) is 0 Å². The number of hydrogen-bond donors (Lipinski definition) is 1. The third kappa shape index (κ3) is 2.01. The van der Waals surface area contributed by atoms with Gasteiger partial charge in [0.2, 0.25) is 5.91 Å². The van der Waals surface area contributed by atoms with Crippen LogP contribution in [0.4, 0.5) is 10.5 Å². The summed E-state index contributed by atoms with van der Waals surface area (Å²) >= 11 is 0. The Morgan fingerprint density at radius 2 is 1.87 bits per heavy atom. The number of carbonyl (C=O) groups is 2. The Bertz CT molecular complexity index is 402. The monoisotopic (exact) mass is 200 g/mol. The zero-order valence-corrected chi connectivity index (χ0v) is 8.06. The van der Waals surface area contributed by atoms with Gasteiger partial charge in [-0.15, -0.1) is 0 Å². The van der Waals surface area contributed by atoms with Crippen molar-refractivity contribution in [3.8, 4) is 0 Å². The molecule has 1 saturated heterocycles. The Kier molecular flexibility index (Phi) is 2.45. The Morgan fingerprint density at radius 1 is 1.20 bits per heavy atom. The van der Waals surface area contributed by atoms with E-state index >= 15 is 0 Å². The van der Waals surface area contributed by atoms with Crippen molar-refractivity contribution in [2.45, 2.75) is 6.42 Å². The predicted molar refractivity (Wildman–Crippen MR) is 57.3 cm³/mol. The summed E-state index contributed by atoms with van der Waals surface area (Å²) in [6.07, 6.45) is 0.329. The van der Waals surface area contributed by atoms with Crippen molar-refractivity contribution in [3.05, 3.63) is 24.3 Å². The van der Waals surface area contributed by atoms with E-state index in [4.69, 9.17) is 7.85 Å². The maximum absolute atomic E-state index is 11.5. The highest BCUT2D eigenvalue weighted by atomic mass is 16.2. The van der Waals surface area contributed by atoms with E-state index in [0.717, 1.165) is 5.69 Å². The second-order valence-electron chi connectivity index (χ2n) is 3.35. The third-order valence-electron chi connectivity index (χ3n) is 2.26. The van der Waals surface area contributed by atoms with E-state index in [2.05, 4.69) is 5.32 Å². The molecule has 3 amide bonds. The summed E-state index contributed by atoms with van der Waals surface area (Å²) in [6.45, 7) is 0.411. The van der Waals surface area contributed by atoms with Gasteiger partial charge in [0.15, 0.2) is 0 Å². The number of benzene rings is 1. The van der Waals surface area contributed by atoms with Crippen molar-refractivity contribution >= 4 is 30.9 Å². The lowest BCUT2D eigenvalue weighted by Gasteiger charge is -2.26. The van der Waals surface area contributed by atoms with Gasteiger partial charge in [0.1, 0.15) is 7.85 Å². The van der Waals surface area contributed by atoms with Crippen LogP contribution in [-0.2, 0) is 4.79 Å². The van der Waals surface area contributed by atoms with Gasteiger partial charge in [-0.1, -0.05) is 17.6 Å². The summed E-state index contributed by atoms with van der Waals surface area (Å²) in [5.74, 6) is -0.230. The number of urea groups is 1. The smallest absolute Gasteiger partial charge is 0.294 e. The fourth-order valence-electron chi connectivity index (χ4n) is 1.46. The van der Waals surface area contributed by atoms with E-state index < -0.39 is 0 Å². The highest BCUT2D eigenvalue weighted by Crippen LogP contribution is 2.14. The summed E-state index contributed by atoms with van der Waals surface area (Å²) in [6, 6.07) is 6.57. The van der Waals surface area contributed by atoms with E-state index in [9.17, 15) is 9.59 Å². The normalized spacial score (nSPS) is 16.4. The van der Waals surface area contributed by atoms with Crippen LogP contribution in [0.1, 0.15) is 6.42 Å². The van der Waals surface area contributed by atoms with E-state index in [1.807, 2.05) is 0 Å². The SMILES string of the molecule is [B]c1ccc(N2CCC(=O)NC2=O)cc1. The van der Waals surface area contributed by atoms with Crippen molar-refractivity contribution in [2.24, 2.45) is 0 Å². The Labute approximate surface area is 88.7 Å². The molecule has 1 N–H and O–H groups in total. The van der Waals surface area contributed by atoms with Gasteiger partial charge >= 0.3 is 6.03 Å². The average Bonchev–Trinajstić information content (AvgIpc) is 2.20. The number of imide groups is 1. The maximum atomic E-state index is 11.5. The molecule has 2 radical (unpaired) electrons. The molecule has 0 bridgehead atoms. The number of nitrogens with one attached hydrogen (secondary N) is 1. The Morgan fingerprint density at radius 3 is 2.47 bits per heavy atom. The third-order valence-corrected chi connectivity index (χ3v) is 2.26. The molecule has 1 aliphatic rings. The van der Waals surface area contributed by atoms with Crippen LogP contribution >= 0.6 is 0 Å². The summed E-state index contributed by atoms with van der Waals surface area (Å²) in [5, 5.41) is 2.26. The zero-order valence-electron chi connectivity index (χ0n) is 8.06. The molecule has 0 aliphatic carbocycles. The Balaban J connectivity index is 2.20. The van der Waals surface area contributed by atoms with Gasteiger partial charge < -0.3 is 0 Å². The van der Waals surface area contributed by atoms with E-state index in [1.165, 1.54) is 4.90 Å². The molecule has 5 heteroatoms. The number of nitrogens with zero attached hydrogens (tertiary/aromatic N) is 1. The molecule has 0 unspecified atom stereocenters. The number of hydrogen-bond acceptors (Lipinski definition) is 2. The lowest BCUT2D eigenvalue weighted by Crippen LogP contribution is -2.49. The summed E-state index contributed by atoms with van der Waals surface area (Å²) in [5.41, 5.74) is 1.39. The van der Waals surface area contributed by atoms with Crippen molar-refractivity contribution < 1.29 is 9.59 Å². The summed E-state index contributed by atoms with van der Waals surface area (Å²) in [7, 11) is 5.54. The van der Waals surface area contributed by atoms with E-state index in [1.54, 1.807) is 24.3 Å². The number of rotatable bonds is 1. The first kappa shape index (κ1) is 9.77. The minimum absolute atomic E-state index is 0.230. The van der Waals surface area contributed by atoms with Crippen LogP contribution in [0.15, 0.2) is 24.3 Å². The molecule has 74 valence electrons. The van der Waals surface area contributed by atoms with Gasteiger partial charge in [0.05, 0.1) is 0 Å². The van der Waals surface area contributed by atoms with Crippen molar-refractivity contribution in [1.82, 2.24) is 5.32 Å². The van der Waals surface area contributed by atoms with Gasteiger partial charge in [0, 0.05) is 18.7 Å². The minimum atomic E-state index is -0.379. The van der Waals surface area contributed by atoms with Crippen LogP contribution in [0.25, 0.3) is 0 Å². The molecule has 0 aromatic heterocycles. The molecule has 2 rings (SSSR count). The van der Waals surface area contributed by atoms with Crippen LogP contribution in [0.5, 0.6) is 0 Å². The van der Waals surface area contributed by atoms with Gasteiger partial charge in [-0.2, -0.15) is 0 Å². The fraction of sp³-hybridized carbons (Fsp3) is 0.200. The first-order valence-corrected chi connectivity index (χ1v) is 4.64. The quantitative estimate of drug-likeness (QED) is 0.645. The molecule has 1 aliphatic heterocycles. The van der Waals surface area contributed by atoms with Crippen molar-refractivity contribution in [3.63, 3.8) is 0 Å². The molecule has 1 fully saturated rings. The summed E-state index contributed by atoms with van der Waals surface area (Å²) < 4.78 is 0. The first-order valence-electron chi connectivity index (χ1n) is 4.64. The molecule has 15 heavy (non-hydrogen) atoms. The minimum Gasteiger partial charge on any atom is -0.294 e. The molecule has 1 heterocycles. The Hall–Kier alpha value is -1.78. The second-order valence-corrected chi connectivity index (χ2v) is 3.35. The van der Waals surface area contributed by atoms with Crippen LogP contribution in [-0.4, -0.2) is 26.3 Å². The van der Waals surface area contributed by atoms with E-state index in [0.29, 0.717) is 18.4 Å². The van der Waals surface area contributed by atoms with Crippen molar-refractivity contribution in [2.75, 3.05) is 11.4 Å². The van der Waals surface area contributed by atoms with Gasteiger partial charge in [0.25, 0.3) is 0 Å². The zero-order chi connectivity index (χ0) is 10.8. The van der Waals surface area contributed by atoms with Crippen LogP contribution < -0.4 is 15.7 Å². The average molecular weight is 200 g/mol. The first-order chi connectivity index (χ1) is 7.16. The number of anilines is 1. The molecular formula is C10H9BN2O2. The number of carbonyl (C=O) groups excluding carboxylic acids is 2. The lowest BCUT2D eigenvalue weighted by molar-refractivity contribution is -0.120. The van der Waals surface area contributed by atoms with Gasteiger partial charge in [-0.05, 0) is 12.1 Å². The standard InChI is InChI=1S/C10H9BN2O2/c11-7-1-3-8(4-2-7)13-6-5-9(14)12-10(13)15/h1-4H,5-6H2,(H,12,14,15). The largest absolute Gasteiger partial charge is 0.328 e. The molecule has 1 aromatic carbocycles. The lowest BCUT2D eigenvalue weighted by atomic mass is 9.96. The molecule has 0 saturated carbocycles. The summed E-state index contributed by atoms with van der Waals surface area (Å²) in [4.78, 5) is 23.9. The topological polar surface area (TPSA) is 49.4 Å². The van der Waals surface area contributed by atoms with Crippen LogP contribution in [0.2, 0.25) is 0 Å². The number of amides is 3. The molecule has 1 aromatic rings. The fourth-order valence-corrected chi connectivity index (χ4v) is 1.46. The molecule has 4 nitrogen and oxygen atoms in total. The van der Waals surface area contributed by atoms with Crippen LogP contribution in [0, 0.1) is 0 Å². The van der Waals surface area contributed by atoms with Crippen LogP contribution in [0.3, 0.4) is 0 Å². The maximum Gasteiger partial charge on any atom is 0.328 e. The molecular weight excluding hydrogens is 191 g/mol. The predicted octanol–water partition coefficient (Wildman–Crippen LogP) is -0.0733. The molecule has 0 spiro atoms. The highest BCUT2D eigenvalue weighted by molar-refractivity contribution is 6.32. The highest BCUT2D eigenvalue weighted by Gasteiger charge is 2.23.